The van der Waals surface area contributed by atoms with Crippen molar-refractivity contribution < 1.29 is 8.83 Å². The van der Waals surface area contributed by atoms with Crippen molar-refractivity contribution in [1.29, 1.82) is 0 Å². The van der Waals surface area contributed by atoms with Crippen LogP contribution in [0.3, 0.4) is 0 Å². The second-order valence-electron chi connectivity index (χ2n) is 10.4. The van der Waals surface area contributed by atoms with Crippen LogP contribution in [-0.4, -0.2) is 0 Å². The highest BCUT2D eigenvalue weighted by atomic mass is 16.3. The SMILES string of the molecule is c1ccc2c(-c3c4ccccc4c(-c4c5occc5cc5c4oc4ccccc45)c4ccccc34)cccc2c1. The monoisotopic (exact) mass is 510 g/mol. The van der Waals surface area contributed by atoms with E-state index in [-0.39, 0.29) is 0 Å². The summed E-state index contributed by atoms with van der Waals surface area (Å²) in [6, 6.07) is 45.3. The lowest BCUT2D eigenvalue weighted by atomic mass is 9.84. The lowest BCUT2D eigenvalue weighted by Gasteiger charge is -2.19. The lowest BCUT2D eigenvalue weighted by Crippen LogP contribution is -1.92. The number of para-hydroxylation sites is 1. The first kappa shape index (κ1) is 21.6. The van der Waals surface area contributed by atoms with Crippen molar-refractivity contribution in [3.63, 3.8) is 0 Å². The Balaban J connectivity index is 1.52. The molecule has 2 nitrogen and oxygen atoms in total. The highest BCUT2D eigenvalue weighted by Gasteiger charge is 2.24. The van der Waals surface area contributed by atoms with Gasteiger partial charge in [0.1, 0.15) is 16.7 Å². The van der Waals surface area contributed by atoms with Crippen molar-refractivity contribution >= 4 is 65.2 Å². The van der Waals surface area contributed by atoms with Crippen LogP contribution in [0.15, 0.2) is 142 Å². The number of hydrogen-bond acceptors (Lipinski definition) is 2. The van der Waals surface area contributed by atoms with Crippen molar-refractivity contribution in [2.75, 3.05) is 0 Å². The Hall–Kier alpha value is -5.34. The molecule has 0 spiro atoms. The van der Waals surface area contributed by atoms with Crippen LogP contribution < -0.4 is 0 Å². The second kappa shape index (κ2) is 8.08. The fraction of sp³-hybridized carbons (Fsp3) is 0. The Bertz CT molecular complexity index is 2370. The molecule has 0 saturated carbocycles. The smallest absolute Gasteiger partial charge is 0.147 e. The highest BCUT2D eigenvalue weighted by Crippen LogP contribution is 2.49. The summed E-state index contributed by atoms with van der Waals surface area (Å²) in [5, 5.41) is 10.5. The Kier molecular flexibility index (Phi) is 4.36. The zero-order valence-corrected chi connectivity index (χ0v) is 21.5. The van der Waals surface area contributed by atoms with Crippen LogP contribution in [0.1, 0.15) is 0 Å². The van der Waals surface area contributed by atoms with E-state index in [2.05, 4.69) is 115 Å². The number of rotatable bonds is 2. The molecule has 0 aliphatic carbocycles. The number of fused-ring (bicyclic) bond motifs is 7. The molecule has 0 bridgehead atoms. The van der Waals surface area contributed by atoms with E-state index in [1.165, 1.54) is 43.4 Å². The first-order chi connectivity index (χ1) is 19.9. The quantitative estimate of drug-likeness (QED) is 0.216. The highest BCUT2D eigenvalue weighted by molar-refractivity contribution is 6.28. The molecule has 2 aromatic heterocycles. The maximum Gasteiger partial charge on any atom is 0.147 e. The first-order valence-corrected chi connectivity index (χ1v) is 13.6. The number of benzene rings is 7. The largest absolute Gasteiger partial charge is 0.464 e. The van der Waals surface area contributed by atoms with Gasteiger partial charge in [-0.05, 0) is 61.6 Å². The zero-order valence-electron chi connectivity index (χ0n) is 21.5. The van der Waals surface area contributed by atoms with E-state index >= 15 is 0 Å². The summed E-state index contributed by atoms with van der Waals surface area (Å²) in [4.78, 5) is 0. The minimum Gasteiger partial charge on any atom is -0.464 e. The number of hydrogen-bond donors (Lipinski definition) is 0. The summed E-state index contributed by atoms with van der Waals surface area (Å²) in [5.41, 5.74) is 7.22. The Morgan fingerprint density at radius 2 is 0.975 bits per heavy atom. The average molecular weight is 511 g/mol. The van der Waals surface area contributed by atoms with Gasteiger partial charge in [0.2, 0.25) is 0 Å². The molecule has 2 heteroatoms. The van der Waals surface area contributed by atoms with Crippen molar-refractivity contribution in [3.05, 3.63) is 134 Å². The molecule has 2 heterocycles. The van der Waals surface area contributed by atoms with E-state index in [1.807, 2.05) is 12.1 Å². The summed E-state index contributed by atoms with van der Waals surface area (Å²) < 4.78 is 12.8. The van der Waals surface area contributed by atoms with Crippen LogP contribution in [-0.2, 0) is 0 Å². The zero-order chi connectivity index (χ0) is 26.2. The fourth-order valence-corrected chi connectivity index (χ4v) is 6.65. The van der Waals surface area contributed by atoms with Crippen molar-refractivity contribution in [1.82, 2.24) is 0 Å². The molecule has 0 aliphatic rings. The third-order valence-electron chi connectivity index (χ3n) is 8.32. The van der Waals surface area contributed by atoms with Crippen LogP contribution >= 0.6 is 0 Å². The summed E-state index contributed by atoms with van der Waals surface area (Å²) in [6.07, 6.45) is 1.78. The van der Waals surface area contributed by atoms with Crippen LogP contribution in [0.4, 0.5) is 0 Å². The topological polar surface area (TPSA) is 26.3 Å². The van der Waals surface area contributed by atoms with Gasteiger partial charge in [0.05, 0.1) is 11.8 Å². The van der Waals surface area contributed by atoms with Crippen molar-refractivity contribution in [3.8, 4) is 22.3 Å². The minimum absolute atomic E-state index is 0.847. The molecule has 0 atom stereocenters. The predicted octanol–water partition coefficient (Wildman–Crippen LogP) is 11.1. The third-order valence-corrected chi connectivity index (χ3v) is 8.32. The van der Waals surface area contributed by atoms with Gasteiger partial charge in [0.25, 0.3) is 0 Å². The molecule has 0 N–H and O–H groups in total. The van der Waals surface area contributed by atoms with E-state index < -0.39 is 0 Å². The van der Waals surface area contributed by atoms with Gasteiger partial charge in [0, 0.05) is 21.7 Å². The van der Waals surface area contributed by atoms with Crippen LogP contribution in [0, 0.1) is 0 Å². The maximum absolute atomic E-state index is 6.63. The van der Waals surface area contributed by atoms with E-state index in [1.54, 1.807) is 6.26 Å². The molecule has 9 aromatic rings. The number of furan rings is 2. The lowest BCUT2D eigenvalue weighted by molar-refractivity contribution is 0.615. The fourth-order valence-electron chi connectivity index (χ4n) is 6.65. The van der Waals surface area contributed by atoms with E-state index in [4.69, 9.17) is 8.83 Å². The third kappa shape index (κ3) is 2.88. The summed E-state index contributed by atoms with van der Waals surface area (Å²) in [7, 11) is 0. The molecule has 7 aromatic carbocycles. The molecular formula is C38H22O2. The van der Waals surface area contributed by atoms with Gasteiger partial charge in [-0.15, -0.1) is 0 Å². The van der Waals surface area contributed by atoms with Gasteiger partial charge in [-0.2, -0.15) is 0 Å². The molecule has 9 rings (SSSR count). The summed E-state index contributed by atoms with van der Waals surface area (Å²) in [6.45, 7) is 0. The van der Waals surface area contributed by atoms with Crippen LogP contribution in [0.2, 0.25) is 0 Å². The molecule has 186 valence electrons. The Labute approximate surface area is 229 Å². The van der Waals surface area contributed by atoms with Gasteiger partial charge in [0.15, 0.2) is 0 Å². The van der Waals surface area contributed by atoms with Gasteiger partial charge < -0.3 is 8.83 Å². The maximum atomic E-state index is 6.63. The van der Waals surface area contributed by atoms with E-state index in [9.17, 15) is 0 Å². The standard InChI is InChI=1S/C38H22O2/c1-2-12-25-23(10-1)11-9-18-27(25)34-28-14-3-5-16-30(28)35(31-17-6-4-15-29(31)34)36-37-24(20-21-39-37)22-32-26-13-7-8-19-33(26)40-38(32)36/h1-22H. The second-order valence-corrected chi connectivity index (χ2v) is 10.4. The van der Waals surface area contributed by atoms with Gasteiger partial charge in [-0.25, -0.2) is 0 Å². The van der Waals surface area contributed by atoms with Crippen molar-refractivity contribution in [2.45, 2.75) is 0 Å². The molecule has 0 amide bonds. The molecule has 0 aliphatic heterocycles. The Morgan fingerprint density at radius 1 is 0.375 bits per heavy atom. The molecular weight excluding hydrogens is 488 g/mol. The van der Waals surface area contributed by atoms with Crippen molar-refractivity contribution in [2.24, 2.45) is 0 Å². The molecule has 0 fully saturated rings. The van der Waals surface area contributed by atoms with Gasteiger partial charge in [-0.1, -0.05) is 109 Å². The van der Waals surface area contributed by atoms with Gasteiger partial charge >= 0.3 is 0 Å². The average Bonchev–Trinajstić information content (AvgIpc) is 3.63. The minimum atomic E-state index is 0.847. The van der Waals surface area contributed by atoms with Crippen LogP contribution in [0.25, 0.3) is 87.5 Å². The molecule has 0 unspecified atom stereocenters. The summed E-state index contributed by atoms with van der Waals surface area (Å²) >= 11 is 0. The molecule has 0 saturated heterocycles. The summed E-state index contributed by atoms with van der Waals surface area (Å²) in [5.74, 6) is 0. The van der Waals surface area contributed by atoms with E-state index in [0.29, 0.717) is 0 Å². The van der Waals surface area contributed by atoms with E-state index in [0.717, 1.165) is 44.0 Å². The first-order valence-electron chi connectivity index (χ1n) is 13.6. The van der Waals surface area contributed by atoms with Gasteiger partial charge in [-0.3, -0.25) is 0 Å². The Morgan fingerprint density at radius 3 is 1.73 bits per heavy atom. The predicted molar refractivity (Wildman–Crippen MR) is 167 cm³/mol. The molecule has 40 heavy (non-hydrogen) atoms. The van der Waals surface area contributed by atoms with Crippen LogP contribution in [0.5, 0.6) is 0 Å². The normalized spacial score (nSPS) is 12.0. The molecule has 0 radical (unpaired) electrons.